The highest BCUT2D eigenvalue weighted by molar-refractivity contribution is 6.30. The fourth-order valence-electron chi connectivity index (χ4n) is 4.35. The average molecular weight is 515 g/mol. The predicted octanol–water partition coefficient (Wildman–Crippen LogP) is 3.79. The first kappa shape index (κ1) is 24.3. The molecular formula is C27H23ClN6O3. The zero-order valence-electron chi connectivity index (χ0n) is 19.9. The van der Waals surface area contributed by atoms with Gasteiger partial charge in [0.25, 0.3) is 11.8 Å². The Kier molecular flexibility index (Phi) is 6.78. The van der Waals surface area contributed by atoms with Gasteiger partial charge in [-0.05, 0) is 60.5 Å². The topological polar surface area (TPSA) is 121 Å². The third kappa shape index (κ3) is 5.41. The molecular weight excluding hydrogens is 492 g/mol. The highest BCUT2D eigenvalue weighted by Gasteiger charge is 2.35. The van der Waals surface area contributed by atoms with E-state index in [1.807, 2.05) is 12.1 Å². The number of aromatic nitrogens is 4. The van der Waals surface area contributed by atoms with Crippen molar-refractivity contribution in [3.8, 4) is 0 Å². The van der Waals surface area contributed by atoms with Crippen molar-refractivity contribution in [1.82, 2.24) is 25.1 Å². The molecule has 9 nitrogen and oxygen atoms in total. The Morgan fingerprint density at radius 2 is 1.95 bits per heavy atom. The number of nitrogens with one attached hydrogen (secondary N) is 2. The summed E-state index contributed by atoms with van der Waals surface area (Å²) in [6.45, 7) is 1.92. The Bertz CT molecular complexity index is 1470. The minimum absolute atomic E-state index is 0.0854. The van der Waals surface area contributed by atoms with Crippen LogP contribution >= 0.6 is 11.6 Å². The number of halogens is 1. The summed E-state index contributed by atoms with van der Waals surface area (Å²) >= 11 is 6.16. The minimum Gasteiger partial charge on any atom is -0.324 e. The highest BCUT2D eigenvalue weighted by Crippen LogP contribution is 2.27. The molecule has 0 aliphatic carbocycles. The molecule has 5 rings (SSSR count). The largest absolute Gasteiger partial charge is 0.324 e. The summed E-state index contributed by atoms with van der Waals surface area (Å²) in [6, 6.07) is 16.7. The van der Waals surface area contributed by atoms with Crippen molar-refractivity contribution < 1.29 is 14.4 Å². The number of anilines is 1. The van der Waals surface area contributed by atoms with Crippen molar-refractivity contribution in [2.45, 2.75) is 32.4 Å². The van der Waals surface area contributed by atoms with Crippen molar-refractivity contribution in [2.24, 2.45) is 0 Å². The molecule has 2 amide bonds. The standard InChI is InChI=1S/C27H23ClN6O3/c1-16-30-27(33-32-16)31-25(36)18-7-5-17(6-8-18)15-34-23(14-21-4-2-3-11-29-21)24(35)13-19-12-20(28)9-10-22(19)26(34)37/h2-12,23H,13-15H2,1H3,(H2,30,31,32,33,36)/t23-/m1/s1. The number of nitrogens with zero attached hydrogens (tertiary/aromatic N) is 4. The average Bonchev–Trinajstić information content (AvgIpc) is 3.27. The van der Waals surface area contributed by atoms with Crippen LogP contribution in [0.25, 0.3) is 0 Å². The van der Waals surface area contributed by atoms with Gasteiger partial charge >= 0.3 is 0 Å². The summed E-state index contributed by atoms with van der Waals surface area (Å²) in [7, 11) is 0. The van der Waals surface area contributed by atoms with Crippen LogP contribution in [-0.4, -0.2) is 48.7 Å². The van der Waals surface area contributed by atoms with Gasteiger partial charge in [0.05, 0.1) is 6.04 Å². The number of carbonyl (C=O) groups excluding carboxylic acids is 3. The first-order valence-electron chi connectivity index (χ1n) is 11.7. The van der Waals surface area contributed by atoms with Crippen molar-refractivity contribution >= 4 is 35.1 Å². The quantitative estimate of drug-likeness (QED) is 0.404. The number of fused-ring (bicyclic) bond motifs is 1. The number of Topliss-reactive ketones (excluding diaryl/α,β-unsaturated/α-hetero) is 1. The van der Waals surface area contributed by atoms with Gasteiger partial charge in [0.1, 0.15) is 5.82 Å². The second-order valence-corrected chi connectivity index (χ2v) is 9.25. The van der Waals surface area contributed by atoms with Gasteiger partial charge in [-0.1, -0.05) is 29.8 Å². The number of pyridine rings is 1. The summed E-state index contributed by atoms with van der Waals surface area (Å²) in [5.74, 6) is 0.0891. The lowest BCUT2D eigenvalue weighted by Crippen LogP contribution is -2.44. The molecule has 186 valence electrons. The molecule has 10 heteroatoms. The van der Waals surface area contributed by atoms with Crippen molar-refractivity contribution in [2.75, 3.05) is 5.32 Å². The molecule has 0 spiro atoms. The summed E-state index contributed by atoms with van der Waals surface area (Å²) in [6.07, 6.45) is 2.07. The monoisotopic (exact) mass is 514 g/mol. The molecule has 2 aromatic heterocycles. The van der Waals surface area contributed by atoms with E-state index in [2.05, 4.69) is 25.5 Å². The number of aromatic amines is 1. The maximum atomic E-state index is 13.7. The molecule has 1 aliphatic heterocycles. The van der Waals surface area contributed by atoms with E-state index in [-0.39, 0.29) is 36.5 Å². The van der Waals surface area contributed by atoms with E-state index < -0.39 is 6.04 Å². The molecule has 0 saturated heterocycles. The molecule has 2 aromatic carbocycles. The summed E-state index contributed by atoms with van der Waals surface area (Å²) in [5.41, 5.74) is 2.98. The first-order valence-corrected chi connectivity index (χ1v) is 12.1. The van der Waals surface area contributed by atoms with Gasteiger partial charge in [0.15, 0.2) is 5.78 Å². The molecule has 2 N–H and O–H groups in total. The number of aryl methyl sites for hydroxylation is 1. The lowest BCUT2D eigenvalue weighted by Gasteiger charge is -2.29. The van der Waals surface area contributed by atoms with Crippen molar-refractivity contribution in [1.29, 1.82) is 0 Å². The molecule has 0 bridgehead atoms. The van der Waals surface area contributed by atoms with Crippen LogP contribution in [-0.2, 0) is 24.2 Å². The maximum Gasteiger partial charge on any atom is 0.258 e. The van der Waals surface area contributed by atoms with Crippen LogP contribution < -0.4 is 5.32 Å². The lowest BCUT2D eigenvalue weighted by molar-refractivity contribution is -0.122. The Balaban J connectivity index is 1.42. The molecule has 3 heterocycles. The van der Waals surface area contributed by atoms with Gasteiger partial charge in [0.2, 0.25) is 5.95 Å². The van der Waals surface area contributed by atoms with E-state index in [9.17, 15) is 14.4 Å². The van der Waals surface area contributed by atoms with E-state index in [0.29, 0.717) is 34.0 Å². The SMILES string of the molecule is Cc1nc(NC(=O)c2ccc(CN3C(=O)c4ccc(Cl)cc4CC(=O)[C@H]3Cc3ccccn3)cc2)n[nH]1. The van der Waals surface area contributed by atoms with E-state index in [4.69, 9.17) is 11.6 Å². The zero-order valence-corrected chi connectivity index (χ0v) is 20.7. The van der Waals surface area contributed by atoms with Crippen LogP contribution in [0.3, 0.4) is 0 Å². The normalized spacial score (nSPS) is 15.3. The summed E-state index contributed by atoms with van der Waals surface area (Å²) in [5, 5.41) is 9.69. The Hall–Kier alpha value is -4.37. The number of hydrogen-bond donors (Lipinski definition) is 2. The van der Waals surface area contributed by atoms with Crippen LogP contribution in [0.1, 0.15) is 43.4 Å². The summed E-state index contributed by atoms with van der Waals surface area (Å²) in [4.78, 5) is 49.7. The molecule has 37 heavy (non-hydrogen) atoms. The van der Waals surface area contributed by atoms with Gasteiger partial charge in [-0.3, -0.25) is 29.8 Å². The van der Waals surface area contributed by atoms with Crippen LogP contribution in [0.15, 0.2) is 66.9 Å². The van der Waals surface area contributed by atoms with E-state index in [0.717, 1.165) is 11.3 Å². The van der Waals surface area contributed by atoms with E-state index in [1.165, 1.54) is 0 Å². The molecule has 4 aromatic rings. The van der Waals surface area contributed by atoms with Crippen molar-refractivity contribution in [3.05, 3.63) is 106 Å². The Morgan fingerprint density at radius 3 is 2.65 bits per heavy atom. The number of hydrogen-bond acceptors (Lipinski definition) is 6. The smallest absolute Gasteiger partial charge is 0.258 e. The molecule has 0 fully saturated rings. The molecule has 0 saturated carbocycles. The first-order chi connectivity index (χ1) is 17.9. The van der Waals surface area contributed by atoms with Gasteiger partial charge in [0, 0.05) is 47.4 Å². The Morgan fingerprint density at radius 1 is 1.14 bits per heavy atom. The van der Waals surface area contributed by atoms with Gasteiger partial charge < -0.3 is 4.90 Å². The van der Waals surface area contributed by atoms with Gasteiger partial charge in [-0.2, -0.15) is 4.98 Å². The Labute approximate surface area is 217 Å². The highest BCUT2D eigenvalue weighted by atomic mass is 35.5. The number of rotatable bonds is 6. The molecule has 0 unspecified atom stereocenters. The number of ketones is 1. The van der Waals surface area contributed by atoms with Crippen LogP contribution in [0, 0.1) is 6.92 Å². The van der Waals surface area contributed by atoms with Gasteiger partial charge in [-0.25, -0.2) is 0 Å². The number of carbonyl (C=O) groups is 3. The lowest BCUT2D eigenvalue weighted by atomic mass is 9.99. The number of H-pyrrole nitrogens is 1. The molecule has 0 radical (unpaired) electrons. The molecule has 1 atom stereocenters. The van der Waals surface area contributed by atoms with Crippen molar-refractivity contribution in [3.63, 3.8) is 0 Å². The second kappa shape index (κ2) is 10.3. The third-order valence-electron chi connectivity index (χ3n) is 6.19. The van der Waals surface area contributed by atoms with E-state index in [1.54, 1.807) is 66.6 Å². The second-order valence-electron chi connectivity index (χ2n) is 8.81. The fraction of sp³-hybridized carbons (Fsp3) is 0.185. The van der Waals surface area contributed by atoms with Crippen LogP contribution in [0.4, 0.5) is 5.95 Å². The zero-order chi connectivity index (χ0) is 25.9. The maximum absolute atomic E-state index is 13.7. The predicted molar refractivity (Wildman–Crippen MR) is 137 cm³/mol. The van der Waals surface area contributed by atoms with E-state index >= 15 is 0 Å². The minimum atomic E-state index is -0.703. The third-order valence-corrected chi connectivity index (χ3v) is 6.43. The fourth-order valence-corrected chi connectivity index (χ4v) is 4.54. The number of benzene rings is 2. The summed E-state index contributed by atoms with van der Waals surface area (Å²) < 4.78 is 0. The van der Waals surface area contributed by atoms with Gasteiger partial charge in [-0.15, -0.1) is 5.10 Å². The number of amides is 2. The van der Waals surface area contributed by atoms with Crippen LogP contribution in [0.2, 0.25) is 5.02 Å². The molecule has 1 aliphatic rings. The van der Waals surface area contributed by atoms with Crippen LogP contribution in [0.5, 0.6) is 0 Å².